The number of hydrazine groups is 1. The van der Waals surface area contributed by atoms with Gasteiger partial charge in [-0.25, -0.2) is 10.2 Å². The third kappa shape index (κ3) is 4.36. The summed E-state index contributed by atoms with van der Waals surface area (Å²) in [7, 11) is -4.70. The van der Waals surface area contributed by atoms with Crippen molar-refractivity contribution in [2.45, 2.75) is 0 Å². The molecular formula is C13H12N4O4S. The molecule has 8 nitrogen and oxygen atoms in total. The monoisotopic (exact) mass is 320 g/mol. The normalized spacial score (nSPS) is 11.3. The van der Waals surface area contributed by atoms with Gasteiger partial charge >= 0.3 is 16.3 Å². The van der Waals surface area contributed by atoms with Crippen LogP contribution in [0.1, 0.15) is 0 Å². The first-order valence-electron chi connectivity index (χ1n) is 6.07. The Kier molecular flexibility index (Phi) is 4.81. The lowest BCUT2D eigenvalue weighted by atomic mass is 10.3. The van der Waals surface area contributed by atoms with Gasteiger partial charge < -0.3 is 0 Å². The minimum atomic E-state index is -4.70. The summed E-state index contributed by atoms with van der Waals surface area (Å²) in [6.45, 7) is 0. The fourth-order valence-electron chi connectivity index (χ4n) is 1.53. The molecule has 0 aliphatic heterocycles. The molecule has 2 rings (SSSR count). The minimum absolute atomic E-state index is 0.0493. The van der Waals surface area contributed by atoms with Crippen LogP contribution in [0.15, 0.2) is 70.9 Å². The first-order chi connectivity index (χ1) is 10.5. The van der Waals surface area contributed by atoms with E-state index in [1.54, 1.807) is 48.5 Å². The van der Waals surface area contributed by atoms with Crippen molar-refractivity contribution < 1.29 is 17.8 Å². The zero-order valence-corrected chi connectivity index (χ0v) is 12.0. The molecule has 0 aliphatic rings. The summed E-state index contributed by atoms with van der Waals surface area (Å²) >= 11 is 0. The van der Waals surface area contributed by atoms with Crippen LogP contribution < -0.4 is 9.84 Å². The number of amides is 2. The molecule has 0 aromatic heterocycles. The van der Waals surface area contributed by atoms with Crippen LogP contribution in [0, 0.1) is 0 Å². The standard InChI is InChI=1S/C13H12N4O4S/c18-13(15-14-11-7-3-1-4-8-11)16-17(22(19,20)21)12-9-5-2-6-10-12/h1-10H,(H,16,18)(H,19,20,21). The molecule has 0 fully saturated rings. The van der Waals surface area contributed by atoms with Crippen LogP contribution in [0.4, 0.5) is 16.2 Å². The van der Waals surface area contributed by atoms with E-state index in [-0.39, 0.29) is 5.69 Å². The molecule has 114 valence electrons. The van der Waals surface area contributed by atoms with Crippen molar-refractivity contribution >= 4 is 27.7 Å². The second-order valence-corrected chi connectivity index (χ2v) is 5.29. The summed E-state index contributed by atoms with van der Waals surface area (Å²) in [5.41, 5.74) is 2.42. The molecule has 2 aromatic rings. The fourth-order valence-corrected chi connectivity index (χ4v) is 2.11. The number of hydrogen-bond acceptors (Lipinski definition) is 4. The first kappa shape index (κ1) is 15.6. The van der Waals surface area contributed by atoms with Crippen molar-refractivity contribution in [2.24, 2.45) is 10.2 Å². The number of carbonyl (C=O) groups is 1. The Bertz CT molecular complexity index is 763. The van der Waals surface area contributed by atoms with E-state index in [2.05, 4.69) is 10.2 Å². The van der Waals surface area contributed by atoms with Crippen molar-refractivity contribution in [1.82, 2.24) is 5.43 Å². The Hall–Kier alpha value is -2.78. The summed E-state index contributed by atoms with van der Waals surface area (Å²) < 4.78 is 32.2. The zero-order chi connectivity index (χ0) is 16.0. The average molecular weight is 320 g/mol. The molecule has 2 N–H and O–H groups in total. The molecule has 0 bridgehead atoms. The Morgan fingerprint density at radius 1 is 1.00 bits per heavy atom. The van der Waals surface area contributed by atoms with Crippen molar-refractivity contribution in [2.75, 3.05) is 4.41 Å². The second kappa shape index (κ2) is 6.78. The topological polar surface area (TPSA) is 111 Å². The first-order valence-corrected chi connectivity index (χ1v) is 7.47. The molecule has 0 saturated carbocycles. The quantitative estimate of drug-likeness (QED) is 0.512. The number of rotatable bonds is 4. The lowest BCUT2D eigenvalue weighted by Gasteiger charge is -2.19. The highest BCUT2D eigenvalue weighted by molar-refractivity contribution is 7.87. The van der Waals surface area contributed by atoms with E-state index in [1.807, 2.05) is 5.43 Å². The third-order valence-corrected chi connectivity index (χ3v) is 3.19. The van der Waals surface area contributed by atoms with E-state index in [9.17, 15) is 17.8 Å². The maximum absolute atomic E-state index is 11.7. The molecule has 2 amide bonds. The van der Waals surface area contributed by atoms with Crippen LogP contribution in [-0.2, 0) is 10.3 Å². The van der Waals surface area contributed by atoms with Gasteiger partial charge in [-0.05, 0) is 24.3 Å². The Morgan fingerprint density at radius 3 is 2.09 bits per heavy atom. The number of nitrogens with zero attached hydrogens (tertiary/aromatic N) is 3. The number of benzene rings is 2. The number of azo groups is 1. The van der Waals surface area contributed by atoms with Crippen molar-refractivity contribution in [1.29, 1.82) is 0 Å². The molecule has 0 spiro atoms. The molecule has 0 heterocycles. The van der Waals surface area contributed by atoms with Crippen LogP contribution in [0.5, 0.6) is 0 Å². The Labute approximate surface area is 127 Å². The lowest BCUT2D eigenvalue weighted by Crippen LogP contribution is -2.44. The van der Waals surface area contributed by atoms with Crippen molar-refractivity contribution in [3.05, 3.63) is 60.7 Å². The largest absolute Gasteiger partial charge is 0.379 e. The van der Waals surface area contributed by atoms with E-state index in [1.165, 1.54) is 12.1 Å². The second-order valence-electron chi connectivity index (χ2n) is 4.03. The summed E-state index contributed by atoms with van der Waals surface area (Å²) in [5, 5.41) is 6.98. The van der Waals surface area contributed by atoms with Gasteiger partial charge in [-0.15, -0.1) is 5.11 Å². The van der Waals surface area contributed by atoms with Crippen LogP contribution in [0.3, 0.4) is 0 Å². The molecular weight excluding hydrogens is 308 g/mol. The molecule has 22 heavy (non-hydrogen) atoms. The van der Waals surface area contributed by atoms with E-state index in [4.69, 9.17) is 0 Å². The molecule has 0 atom stereocenters. The Morgan fingerprint density at radius 2 is 1.55 bits per heavy atom. The van der Waals surface area contributed by atoms with Crippen LogP contribution in [0.2, 0.25) is 0 Å². The lowest BCUT2D eigenvalue weighted by molar-refractivity contribution is 0.248. The predicted molar refractivity (Wildman–Crippen MR) is 80.0 cm³/mol. The number of anilines is 1. The molecule has 0 unspecified atom stereocenters. The number of carbonyl (C=O) groups excluding carboxylic acids is 1. The van der Waals surface area contributed by atoms with E-state index in [0.717, 1.165) is 0 Å². The van der Waals surface area contributed by atoms with E-state index in [0.29, 0.717) is 10.1 Å². The highest BCUT2D eigenvalue weighted by Crippen LogP contribution is 2.14. The van der Waals surface area contributed by atoms with Gasteiger partial charge in [-0.3, -0.25) is 4.55 Å². The van der Waals surface area contributed by atoms with Gasteiger partial charge in [0.1, 0.15) is 0 Å². The van der Waals surface area contributed by atoms with E-state index < -0.39 is 16.3 Å². The van der Waals surface area contributed by atoms with Crippen molar-refractivity contribution in [3.63, 3.8) is 0 Å². The van der Waals surface area contributed by atoms with Crippen LogP contribution in [0.25, 0.3) is 0 Å². The molecule has 0 aliphatic carbocycles. The number of nitrogens with one attached hydrogen (secondary N) is 1. The smallest absolute Gasteiger partial charge is 0.268 e. The molecule has 2 aromatic carbocycles. The van der Waals surface area contributed by atoms with Gasteiger partial charge in [-0.2, -0.15) is 12.8 Å². The zero-order valence-electron chi connectivity index (χ0n) is 11.2. The molecule has 0 radical (unpaired) electrons. The minimum Gasteiger partial charge on any atom is -0.268 e. The van der Waals surface area contributed by atoms with Gasteiger partial charge in [0, 0.05) is 0 Å². The maximum Gasteiger partial charge on any atom is 0.379 e. The summed E-state index contributed by atoms with van der Waals surface area (Å²) in [4.78, 5) is 11.7. The van der Waals surface area contributed by atoms with Gasteiger partial charge in [0.15, 0.2) is 0 Å². The predicted octanol–water partition coefficient (Wildman–Crippen LogP) is 2.70. The third-order valence-electron chi connectivity index (χ3n) is 2.43. The van der Waals surface area contributed by atoms with Crippen molar-refractivity contribution in [3.8, 4) is 0 Å². The van der Waals surface area contributed by atoms with Gasteiger partial charge in [0.05, 0.1) is 11.4 Å². The number of urea groups is 1. The number of para-hydroxylation sites is 1. The summed E-state index contributed by atoms with van der Waals surface area (Å²) in [6, 6.07) is 14.9. The maximum atomic E-state index is 11.7. The summed E-state index contributed by atoms with van der Waals surface area (Å²) in [6.07, 6.45) is 0. The average Bonchev–Trinajstić information content (AvgIpc) is 2.51. The SMILES string of the molecule is O=C(N=Nc1ccccc1)NN(c1ccccc1)S(=O)(=O)O. The van der Waals surface area contributed by atoms with E-state index >= 15 is 0 Å². The Balaban J connectivity index is 2.15. The van der Waals surface area contributed by atoms with Crippen LogP contribution in [-0.4, -0.2) is 19.0 Å². The summed E-state index contributed by atoms with van der Waals surface area (Å²) in [5.74, 6) is 0. The van der Waals surface area contributed by atoms with Gasteiger partial charge in [-0.1, -0.05) is 41.5 Å². The highest BCUT2D eigenvalue weighted by atomic mass is 32.2. The molecule has 9 heteroatoms. The molecule has 0 saturated heterocycles. The highest BCUT2D eigenvalue weighted by Gasteiger charge is 2.21. The fraction of sp³-hybridized carbons (Fsp3) is 0. The van der Waals surface area contributed by atoms with Crippen LogP contribution >= 0.6 is 0 Å². The van der Waals surface area contributed by atoms with Gasteiger partial charge in [0.25, 0.3) is 0 Å². The number of hydrogen-bond donors (Lipinski definition) is 2. The van der Waals surface area contributed by atoms with Gasteiger partial charge in [0.2, 0.25) is 0 Å².